The largest absolute Gasteiger partial charge is 0.396 e. The van der Waals surface area contributed by atoms with Gasteiger partial charge in [-0.15, -0.1) is 0 Å². The molecule has 0 heterocycles. The minimum Gasteiger partial charge on any atom is -0.396 e. The van der Waals surface area contributed by atoms with Crippen molar-refractivity contribution in [3.8, 4) is 0 Å². The zero-order valence-corrected chi connectivity index (χ0v) is 9.65. The van der Waals surface area contributed by atoms with Gasteiger partial charge in [0.15, 0.2) is 0 Å². The molecule has 2 nitrogen and oxygen atoms in total. The van der Waals surface area contributed by atoms with E-state index in [9.17, 15) is 0 Å². The first-order valence-electron chi connectivity index (χ1n) is 6.32. The van der Waals surface area contributed by atoms with E-state index >= 15 is 0 Å². The van der Waals surface area contributed by atoms with Crippen LogP contribution in [-0.2, 0) is 0 Å². The molecule has 2 bridgehead atoms. The third kappa shape index (κ3) is 2.82. The highest BCUT2D eigenvalue weighted by molar-refractivity contribution is 5.10. The number of hydrogen-bond donors (Lipinski definition) is 2. The van der Waals surface area contributed by atoms with Crippen LogP contribution >= 0.6 is 0 Å². The van der Waals surface area contributed by atoms with Crippen molar-refractivity contribution in [3.05, 3.63) is 12.2 Å². The van der Waals surface area contributed by atoms with Crippen molar-refractivity contribution < 1.29 is 5.11 Å². The van der Waals surface area contributed by atoms with Gasteiger partial charge in [-0.25, -0.2) is 0 Å². The van der Waals surface area contributed by atoms with Crippen LogP contribution in [0, 0.1) is 17.8 Å². The van der Waals surface area contributed by atoms with Gasteiger partial charge in [0.1, 0.15) is 0 Å². The van der Waals surface area contributed by atoms with Crippen molar-refractivity contribution >= 4 is 0 Å². The summed E-state index contributed by atoms with van der Waals surface area (Å²) >= 11 is 0. The molecule has 2 heteroatoms. The molecular weight excluding hydrogens is 186 g/mol. The quantitative estimate of drug-likeness (QED) is 0.655. The second-order valence-corrected chi connectivity index (χ2v) is 5.22. The van der Waals surface area contributed by atoms with E-state index in [1.165, 1.54) is 12.8 Å². The summed E-state index contributed by atoms with van der Waals surface area (Å²) in [6.07, 6.45) is 9.62. The van der Waals surface area contributed by atoms with Crippen molar-refractivity contribution in [2.45, 2.75) is 38.6 Å². The summed E-state index contributed by atoms with van der Waals surface area (Å²) in [5, 5.41) is 12.3. The number of aliphatic hydroxyl groups excluding tert-OH is 1. The van der Waals surface area contributed by atoms with Crippen LogP contribution in [0.25, 0.3) is 0 Å². The molecule has 1 saturated carbocycles. The first-order valence-corrected chi connectivity index (χ1v) is 6.32. The second kappa shape index (κ2) is 5.13. The first kappa shape index (κ1) is 11.2. The summed E-state index contributed by atoms with van der Waals surface area (Å²) in [6.45, 7) is 3.71. The SMILES string of the molecule is CC(CCCO)NCC1CC2C=CC1C2. The standard InChI is InChI=1S/C13H23NO/c1-10(3-2-6-15)14-9-13-8-11-4-5-12(13)7-11/h4-5,10-15H,2-3,6-9H2,1H3. The average Bonchev–Trinajstić information content (AvgIpc) is 2.84. The zero-order chi connectivity index (χ0) is 10.7. The minimum atomic E-state index is 0.322. The fraction of sp³-hybridized carbons (Fsp3) is 0.846. The Morgan fingerprint density at radius 1 is 1.40 bits per heavy atom. The molecule has 0 amide bonds. The highest BCUT2D eigenvalue weighted by Crippen LogP contribution is 2.42. The average molecular weight is 209 g/mol. The number of rotatable bonds is 6. The maximum atomic E-state index is 8.74. The Kier molecular flexibility index (Phi) is 3.81. The summed E-state index contributed by atoms with van der Waals surface area (Å²) in [7, 11) is 0. The molecule has 4 atom stereocenters. The van der Waals surface area contributed by atoms with Crippen LogP contribution in [0.1, 0.15) is 32.6 Å². The summed E-state index contributed by atoms with van der Waals surface area (Å²) in [6, 6.07) is 0.556. The van der Waals surface area contributed by atoms with Crippen LogP contribution < -0.4 is 5.32 Å². The number of hydrogen-bond acceptors (Lipinski definition) is 2. The van der Waals surface area contributed by atoms with Crippen LogP contribution in [0.5, 0.6) is 0 Å². The fourth-order valence-corrected chi connectivity index (χ4v) is 2.98. The van der Waals surface area contributed by atoms with Crippen LogP contribution in [-0.4, -0.2) is 24.3 Å². The van der Waals surface area contributed by atoms with Crippen molar-refractivity contribution in [2.24, 2.45) is 17.8 Å². The molecule has 0 aromatic heterocycles. The smallest absolute Gasteiger partial charge is 0.0431 e. The number of aliphatic hydroxyl groups is 1. The predicted octanol–water partition coefficient (Wildman–Crippen LogP) is 1.95. The van der Waals surface area contributed by atoms with E-state index in [0.29, 0.717) is 12.6 Å². The normalized spacial score (nSPS) is 34.9. The van der Waals surface area contributed by atoms with Gasteiger partial charge in [-0.2, -0.15) is 0 Å². The van der Waals surface area contributed by atoms with Gasteiger partial charge in [0.2, 0.25) is 0 Å². The molecule has 0 spiro atoms. The maximum absolute atomic E-state index is 8.74. The summed E-state index contributed by atoms with van der Waals surface area (Å²) < 4.78 is 0. The Morgan fingerprint density at radius 2 is 2.27 bits per heavy atom. The Labute approximate surface area is 92.8 Å². The molecule has 0 radical (unpaired) electrons. The predicted molar refractivity (Wildman–Crippen MR) is 62.6 cm³/mol. The van der Waals surface area contributed by atoms with Crippen LogP contribution in [0.15, 0.2) is 12.2 Å². The first-order chi connectivity index (χ1) is 7.29. The minimum absolute atomic E-state index is 0.322. The highest BCUT2D eigenvalue weighted by Gasteiger charge is 2.35. The van der Waals surface area contributed by atoms with Crippen LogP contribution in [0.2, 0.25) is 0 Å². The van der Waals surface area contributed by atoms with Gasteiger partial charge in [0.05, 0.1) is 0 Å². The third-order valence-corrected chi connectivity index (χ3v) is 3.94. The Morgan fingerprint density at radius 3 is 2.87 bits per heavy atom. The van der Waals surface area contributed by atoms with Gasteiger partial charge in [-0.3, -0.25) is 0 Å². The lowest BCUT2D eigenvalue weighted by atomic mass is 9.93. The van der Waals surface area contributed by atoms with E-state index in [2.05, 4.69) is 24.4 Å². The fourth-order valence-electron chi connectivity index (χ4n) is 2.98. The molecule has 2 N–H and O–H groups in total. The molecule has 2 aliphatic carbocycles. The maximum Gasteiger partial charge on any atom is 0.0431 e. The monoisotopic (exact) mass is 209 g/mol. The number of allylic oxidation sites excluding steroid dienone is 2. The van der Waals surface area contributed by atoms with Gasteiger partial charge in [-0.1, -0.05) is 12.2 Å². The topological polar surface area (TPSA) is 32.3 Å². The molecule has 2 rings (SSSR count). The van der Waals surface area contributed by atoms with E-state index in [-0.39, 0.29) is 0 Å². The molecule has 86 valence electrons. The van der Waals surface area contributed by atoms with E-state index in [4.69, 9.17) is 5.11 Å². The lowest BCUT2D eigenvalue weighted by Crippen LogP contribution is -2.32. The third-order valence-electron chi connectivity index (χ3n) is 3.94. The van der Waals surface area contributed by atoms with Gasteiger partial charge in [-0.05, 0) is 56.9 Å². The Balaban J connectivity index is 1.64. The van der Waals surface area contributed by atoms with E-state index in [1.807, 2.05) is 0 Å². The van der Waals surface area contributed by atoms with Crippen LogP contribution in [0.3, 0.4) is 0 Å². The molecule has 2 aliphatic rings. The highest BCUT2D eigenvalue weighted by atomic mass is 16.2. The molecule has 0 aromatic rings. The van der Waals surface area contributed by atoms with Gasteiger partial charge in [0, 0.05) is 12.6 Å². The lowest BCUT2D eigenvalue weighted by molar-refractivity contribution is 0.274. The zero-order valence-electron chi connectivity index (χ0n) is 9.65. The van der Waals surface area contributed by atoms with Gasteiger partial charge < -0.3 is 10.4 Å². The molecule has 15 heavy (non-hydrogen) atoms. The summed E-state index contributed by atoms with van der Waals surface area (Å²) in [5.41, 5.74) is 0. The van der Waals surface area contributed by atoms with Crippen LogP contribution in [0.4, 0.5) is 0 Å². The summed E-state index contributed by atoms with van der Waals surface area (Å²) in [5.74, 6) is 2.61. The molecule has 0 aliphatic heterocycles. The van der Waals surface area contributed by atoms with Crippen molar-refractivity contribution in [2.75, 3.05) is 13.2 Å². The molecular formula is C13H23NO. The van der Waals surface area contributed by atoms with E-state index < -0.39 is 0 Å². The van der Waals surface area contributed by atoms with E-state index in [0.717, 1.165) is 37.1 Å². The van der Waals surface area contributed by atoms with Crippen molar-refractivity contribution in [3.63, 3.8) is 0 Å². The van der Waals surface area contributed by atoms with Crippen molar-refractivity contribution in [1.29, 1.82) is 0 Å². The molecule has 0 aromatic carbocycles. The second-order valence-electron chi connectivity index (χ2n) is 5.22. The molecule has 4 unspecified atom stereocenters. The molecule has 0 saturated heterocycles. The Hall–Kier alpha value is -0.340. The van der Waals surface area contributed by atoms with Crippen molar-refractivity contribution in [1.82, 2.24) is 5.32 Å². The number of nitrogens with one attached hydrogen (secondary N) is 1. The van der Waals surface area contributed by atoms with E-state index in [1.54, 1.807) is 0 Å². The number of fused-ring (bicyclic) bond motifs is 2. The lowest BCUT2D eigenvalue weighted by Gasteiger charge is -2.21. The Bertz CT molecular complexity index is 227. The van der Waals surface area contributed by atoms with Gasteiger partial charge in [0.25, 0.3) is 0 Å². The molecule has 1 fully saturated rings. The van der Waals surface area contributed by atoms with Gasteiger partial charge >= 0.3 is 0 Å². The summed E-state index contributed by atoms with van der Waals surface area (Å²) in [4.78, 5) is 0.